The molecule has 0 heterocycles. The highest BCUT2D eigenvalue weighted by Crippen LogP contribution is 2.28. The van der Waals surface area contributed by atoms with Crippen LogP contribution in [0, 0.1) is 0 Å². The van der Waals surface area contributed by atoms with Crippen molar-refractivity contribution in [3.63, 3.8) is 0 Å². The quantitative estimate of drug-likeness (QED) is 0.323. The molecular weight excluding hydrogens is 477 g/mol. The summed E-state index contributed by atoms with van der Waals surface area (Å²) in [5, 5.41) is 7.82. The number of hydrogen-bond donors (Lipinski definition) is 2. The zero-order chi connectivity index (χ0) is 24.7. The molecule has 0 saturated heterocycles. The molecule has 0 radical (unpaired) electrons. The van der Waals surface area contributed by atoms with E-state index < -0.39 is 0 Å². The van der Waals surface area contributed by atoms with Gasteiger partial charge < -0.3 is 14.8 Å². The molecule has 0 fully saturated rings. The molecule has 2 N–H and O–H groups in total. The third kappa shape index (κ3) is 6.27. The van der Waals surface area contributed by atoms with Crippen molar-refractivity contribution in [3.05, 3.63) is 87.4 Å². The molecule has 0 atom stereocenters. The van der Waals surface area contributed by atoms with Crippen LogP contribution >= 0.6 is 23.2 Å². The summed E-state index contributed by atoms with van der Waals surface area (Å²) in [5.41, 5.74) is 5.47. The van der Waals surface area contributed by atoms with E-state index in [2.05, 4.69) is 15.8 Å². The van der Waals surface area contributed by atoms with E-state index in [9.17, 15) is 9.59 Å². The molecule has 0 aromatic heterocycles. The molecule has 7 nitrogen and oxygen atoms in total. The summed E-state index contributed by atoms with van der Waals surface area (Å²) < 4.78 is 10.4. The minimum absolute atomic E-state index is 0.0103. The van der Waals surface area contributed by atoms with Gasteiger partial charge in [-0.25, -0.2) is 5.43 Å². The lowest BCUT2D eigenvalue weighted by molar-refractivity contribution is -0.120. The van der Waals surface area contributed by atoms with Crippen LogP contribution in [0.1, 0.15) is 28.4 Å². The van der Waals surface area contributed by atoms with Gasteiger partial charge in [0.2, 0.25) is 5.91 Å². The summed E-state index contributed by atoms with van der Waals surface area (Å²) in [5.74, 6) is 0.383. The number of ether oxygens (including phenoxy) is 2. The normalized spacial score (nSPS) is 11.0. The fourth-order valence-electron chi connectivity index (χ4n) is 3.09. The monoisotopic (exact) mass is 499 g/mol. The first kappa shape index (κ1) is 25.1. The molecule has 0 bridgehead atoms. The van der Waals surface area contributed by atoms with Crippen LogP contribution in [0.25, 0.3) is 0 Å². The topological polar surface area (TPSA) is 89.0 Å². The summed E-state index contributed by atoms with van der Waals surface area (Å²) in [6, 6.07) is 17.1. The molecule has 2 amide bonds. The fourth-order valence-corrected chi connectivity index (χ4v) is 3.62. The Hall–Kier alpha value is -3.55. The van der Waals surface area contributed by atoms with Crippen molar-refractivity contribution in [1.82, 2.24) is 5.43 Å². The van der Waals surface area contributed by atoms with Gasteiger partial charge in [0.05, 0.1) is 26.4 Å². The number of methoxy groups -OCH3 is 2. The van der Waals surface area contributed by atoms with Crippen molar-refractivity contribution >= 4 is 46.4 Å². The smallest absolute Gasteiger partial charge is 0.255 e. The van der Waals surface area contributed by atoms with Crippen molar-refractivity contribution in [2.24, 2.45) is 5.10 Å². The van der Waals surface area contributed by atoms with Crippen LogP contribution in [0.3, 0.4) is 0 Å². The Morgan fingerprint density at radius 1 is 0.882 bits per heavy atom. The van der Waals surface area contributed by atoms with Crippen LogP contribution in [-0.2, 0) is 11.2 Å². The summed E-state index contributed by atoms with van der Waals surface area (Å²) in [6.07, 6.45) is 0.0103. The highest BCUT2D eigenvalue weighted by molar-refractivity contribution is 6.36. The first-order valence-electron chi connectivity index (χ1n) is 10.2. The molecule has 0 aliphatic carbocycles. The predicted molar refractivity (Wildman–Crippen MR) is 134 cm³/mol. The van der Waals surface area contributed by atoms with Crippen molar-refractivity contribution in [1.29, 1.82) is 0 Å². The van der Waals surface area contributed by atoms with Gasteiger partial charge in [0.25, 0.3) is 5.91 Å². The molecule has 0 saturated carbocycles. The molecule has 176 valence electrons. The first-order valence-corrected chi connectivity index (χ1v) is 11.0. The maximum Gasteiger partial charge on any atom is 0.255 e. The fraction of sp³-hybridized carbons (Fsp3) is 0.160. The Morgan fingerprint density at radius 2 is 1.50 bits per heavy atom. The minimum atomic E-state index is -0.340. The molecule has 0 unspecified atom stereocenters. The standard InChI is InChI=1S/C25H23Cl2N3O4/c1-15(29-30-24(31)14-19-20(26)5-4-6-21(19)27)16-7-10-18(11-8-16)28-25(32)17-9-12-22(33-2)23(13-17)34-3/h4-13H,14H2,1-3H3,(H,28,32)(H,30,31)/b29-15-. The number of nitrogens with zero attached hydrogens (tertiary/aromatic N) is 1. The maximum absolute atomic E-state index is 12.6. The van der Waals surface area contributed by atoms with E-state index in [0.29, 0.717) is 44.1 Å². The number of carbonyl (C=O) groups is 2. The van der Waals surface area contributed by atoms with E-state index in [1.165, 1.54) is 14.2 Å². The lowest BCUT2D eigenvalue weighted by Gasteiger charge is -2.10. The van der Waals surface area contributed by atoms with Gasteiger partial charge in [-0.2, -0.15) is 5.10 Å². The van der Waals surface area contributed by atoms with Gasteiger partial charge in [-0.05, 0) is 60.5 Å². The zero-order valence-corrected chi connectivity index (χ0v) is 20.3. The summed E-state index contributed by atoms with van der Waals surface area (Å²) >= 11 is 12.2. The predicted octanol–water partition coefficient (Wildman–Crippen LogP) is 5.35. The van der Waals surface area contributed by atoms with Gasteiger partial charge in [0.15, 0.2) is 11.5 Å². The summed E-state index contributed by atoms with van der Waals surface area (Å²) in [6.45, 7) is 1.76. The highest BCUT2D eigenvalue weighted by Gasteiger charge is 2.12. The Kier molecular flexibility index (Phi) is 8.51. The van der Waals surface area contributed by atoms with Crippen LogP contribution < -0.4 is 20.2 Å². The van der Waals surface area contributed by atoms with Crippen LogP contribution in [0.2, 0.25) is 10.0 Å². The second-order valence-electron chi connectivity index (χ2n) is 7.21. The Bertz CT molecular complexity index is 1210. The van der Waals surface area contributed by atoms with Gasteiger partial charge >= 0.3 is 0 Å². The van der Waals surface area contributed by atoms with Gasteiger partial charge in [-0.3, -0.25) is 9.59 Å². The number of anilines is 1. The average Bonchev–Trinajstić information content (AvgIpc) is 2.84. The number of benzene rings is 3. The highest BCUT2D eigenvalue weighted by atomic mass is 35.5. The van der Waals surface area contributed by atoms with E-state index >= 15 is 0 Å². The number of nitrogens with one attached hydrogen (secondary N) is 2. The van der Waals surface area contributed by atoms with E-state index in [4.69, 9.17) is 32.7 Å². The average molecular weight is 500 g/mol. The van der Waals surface area contributed by atoms with Crippen LogP contribution in [0.4, 0.5) is 5.69 Å². The SMILES string of the molecule is COc1ccc(C(=O)Nc2ccc(/C(C)=N\NC(=O)Cc3c(Cl)cccc3Cl)cc2)cc1OC. The third-order valence-electron chi connectivity index (χ3n) is 4.95. The summed E-state index contributed by atoms with van der Waals surface area (Å²) in [4.78, 5) is 24.8. The van der Waals surface area contributed by atoms with Crippen molar-refractivity contribution in [3.8, 4) is 11.5 Å². The van der Waals surface area contributed by atoms with Crippen LogP contribution in [-0.4, -0.2) is 31.7 Å². The third-order valence-corrected chi connectivity index (χ3v) is 5.66. The van der Waals surface area contributed by atoms with Gasteiger partial charge in [0, 0.05) is 21.3 Å². The number of rotatable bonds is 8. The molecule has 3 aromatic rings. The molecule has 3 rings (SSSR count). The Balaban J connectivity index is 1.61. The number of hydrogen-bond acceptors (Lipinski definition) is 5. The van der Waals surface area contributed by atoms with Gasteiger partial charge in [-0.1, -0.05) is 41.4 Å². The number of hydrazone groups is 1. The van der Waals surface area contributed by atoms with Crippen LogP contribution in [0.5, 0.6) is 11.5 Å². The van der Waals surface area contributed by atoms with Gasteiger partial charge in [-0.15, -0.1) is 0 Å². The van der Waals surface area contributed by atoms with Crippen molar-refractivity contribution in [2.45, 2.75) is 13.3 Å². The van der Waals surface area contributed by atoms with Crippen molar-refractivity contribution < 1.29 is 19.1 Å². The minimum Gasteiger partial charge on any atom is -0.493 e. The second kappa shape index (κ2) is 11.5. The van der Waals surface area contributed by atoms with Crippen LogP contribution in [0.15, 0.2) is 65.8 Å². The molecule has 3 aromatic carbocycles. The van der Waals surface area contributed by atoms with Gasteiger partial charge in [0.1, 0.15) is 0 Å². The maximum atomic E-state index is 12.6. The number of carbonyl (C=O) groups excluding carboxylic acids is 2. The lowest BCUT2D eigenvalue weighted by Crippen LogP contribution is -2.21. The molecule has 34 heavy (non-hydrogen) atoms. The zero-order valence-electron chi connectivity index (χ0n) is 18.8. The Labute approximate surface area is 207 Å². The van der Waals surface area contributed by atoms with E-state index in [-0.39, 0.29) is 18.2 Å². The Morgan fingerprint density at radius 3 is 2.12 bits per heavy atom. The molecule has 9 heteroatoms. The molecule has 0 aliphatic rings. The number of amides is 2. The first-order chi connectivity index (χ1) is 16.3. The summed E-state index contributed by atoms with van der Waals surface area (Å²) in [7, 11) is 3.04. The molecule has 0 aliphatic heterocycles. The van der Waals surface area contributed by atoms with E-state index in [1.807, 2.05) is 0 Å². The largest absolute Gasteiger partial charge is 0.493 e. The molecule has 0 spiro atoms. The van der Waals surface area contributed by atoms with Crippen molar-refractivity contribution in [2.75, 3.05) is 19.5 Å². The second-order valence-corrected chi connectivity index (χ2v) is 8.02. The van der Waals surface area contributed by atoms with E-state index in [0.717, 1.165) is 5.56 Å². The molecular formula is C25H23Cl2N3O4. The number of halogens is 2. The van der Waals surface area contributed by atoms with E-state index in [1.54, 1.807) is 67.6 Å². The lowest BCUT2D eigenvalue weighted by atomic mass is 10.1.